The van der Waals surface area contributed by atoms with Gasteiger partial charge in [0.1, 0.15) is 5.75 Å². The fraction of sp³-hybridized carbons (Fsp3) is 0.667. The van der Waals surface area contributed by atoms with Crippen LogP contribution in [0.3, 0.4) is 0 Å². The van der Waals surface area contributed by atoms with Gasteiger partial charge in [0.05, 0.1) is 12.7 Å². The molecule has 0 fully saturated rings. The van der Waals surface area contributed by atoms with Gasteiger partial charge in [-0.25, -0.2) is 0 Å². The van der Waals surface area contributed by atoms with Gasteiger partial charge in [-0.2, -0.15) is 0 Å². The number of hydrogen-bond donors (Lipinski definition) is 2. The maximum absolute atomic E-state index is 10.2. The Bertz CT molecular complexity index is 373. The zero-order valence-corrected chi connectivity index (χ0v) is 13.9. The van der Waals surface area contributed by atoms with E-state index < -0.39 is 0 Å². The number of hydrogen-bond acceptors (Lipinski definition) is 3. The minimum Gasteiger partial charge on any atom is -0.494 e. The Hall–Kier alpha value is -1.06. The highest BCUT2D eigenvalue weighted by atomic mass is 16.5. The fourth-order valence-electron chi connectivity index (χ4n) is 2.49. The molecule has 0 saturated heterocycles. The molecule has 3 nitrogen and oxygen atoms in total. The normalized spacial score (nSPS) is 14.2. The Morgan fingerprint density at radius 2 is 1.71 bits per heavy atom. The van der Waals surface area contributed by atoms with E-state index in [2.05, 4.69) is 45.1 Å². The molecular weight excluding hydrogens is 262 g/mol. The van der Waals surface area contributed by atoms with E-state index >= 15 is 0 Å². The van der Waals surface area contributed by atoms with E-state index in [0.717, 1.165) is 31.6 Å². The Morgan fingerprint density at radius 1 is 1.10 bits per heavy atom. The first-order valence-corrected chi connectivity index (χ1v) is 8.26. The van der Waals surface area contributed by atoms with E-state index in [9.17, 15) is 5.11 Å². The standard InChI is InChI=1S/C18H31NO2/c1-5-12-21-17-10-8-16(9-11-17)14(4)19-13-18(20)15(6-2)7-3/h8-11,14-15,18-20H,5-7,12-13H2,1-4H3. The molecule has 0 spiro atoms. The predicted octanol–water partition coefficient (Wildman–Crippen LogP) is 3.92. The lowest BCUT2D eigenvalue weighted by Gasteiger charge is -2.23. The van der Waals surface area contributed by atoms with Gasteiger partial charge in [-0.05, 0) is 37.0 Å². The number of nitrogens with one attached hydrogen (secondary N) is 1. The van der Waals surface area contributed by atoms with Crippen molar-refractivity contribution >= 4 is 0 Å². The summed E-state index contributed by atoms with van der Waals surface area (Å²) in [5, 5.41) is 13.6. The topological polar surface area (TPSA) is 41.5 Å². The molecule has 2 N–H and O–H groups in total. The quantitative estimate of drug-likeness (QED) is 0.687. The van der Waals surface area contributed by atoms with Crippen LogP contribution in [-0.2, 0) is 0 Å². The zero-order valence-electron chi connectivity index (χ0n) is 13.9. The molecule has 0 radical (unpaired) electrons. The first-order valence-electron chi connectivity index (χ1n) is 8.26. The number of aliphatic hydroxyl groups excluding tert-OH is 1. The molecule has 3 heteroatoms. The zero-order chi connectivity index (χ0) is 15.7. The molecule has 2 atom stereocenters. The molecule has 1 aromatic carbocycles. The molecule has 21 heavy (non-hydrogen) atoms. The summed E-state index contributed by atoms with van der Waals surface area (Å²) < 4.78 is 5.59. The highest BCUT2D eigenvalue weighted by Crippen LogP contribution is 2.19. The third kappa shape index (κ3) is 6.06. The molecule has 0 aliphatic rings. The van der Waals surface area contributed by atoms with Gasteiger partial charge >= 0.3 is 0 Å². The summed E-state index contributed by atoms with van der Waals surface area (Å²) in [7, 11) is 0. The lowest BCUT2D eigenvalue weighted by atomic mass is 9.96. The van der Waals surface area contributed by atoms with Crippen LogP contribution in [0.25, 0.3) is 0 Å². The van der Waals surface area contributed by atoms with Crippen molar-refractivity contribution < 1.29 is 9.84 Å². The van der Waals surface area contributed by atoms with E-state index in [1.807, 2.05) is 12.1 Å². The fourth-order valence-corrected chi connectivity index (χ4v) is 2.49. The SMILES string of the molecule is CCCOc1ccc(C(C)NCC(O)C(CC)CC)cc1. The van der Waals surface area contributed by atoms with Crippen LogP contribution in [0.2, 0.25) is 0 Å². The van der Waals surface area contributed by atoms with Crippen molar-refractivity contribution in [1.82, 2.24) is 5.32 Å². The molecule has 2 unspecified atom stereocenters. The highest BCUT2D eigenvalue weighted by Gasteiger charge is 2.16. The summed E-state index contributed by atoms with van der Waals surface area (Å²) >= 11 is 0. The van der Waals surface area contributed by atoms with Crippen molar-refractivity contribution in [3.8, 4) is 5.75 Å². The summed E-state index contributed by atoms with van der Waals surface area (Å²) in [5.74, 6) is 1.30. The Kier molecular flexibility index (Phi) is 8.40. The van der Waals surface area contributed by atoms with Crippen LogP contribution in [0.1, 0.15) is 58.6 Å². The van der Waals surface area contributed by atoms with Crippen molar-refractivity contribution in [3.63, 3.8) is 0 Å². The second-order valence-electron chi connectivity index (χ2n) is 5.69. The number of benzene rings is 1. The molecule has 0 aliphatic heterocycles. The molecule has 0 heterocycles. The van der Waals surface area contributed by atoms with Gasteiger partial charge in [0.2, 0.25) is 0 Å². The van der Waals surface area contributed by atoms with Crippen LogP contribution in [0.4, 0.5) is 0 Å². The van der Waals surface area contributed by atoms with Crippen LogP contribution in [-0.4, -0.2) is 24.4 Å². The average Bonchev–Trinajstić information content (AvgIpc) is 2.52. The third-order valence-electron chi connectivity index (χ3n) is 4.08. The van der Waals surface area contributed by atoms with Gasteiger partial charge in [-0.3, -0.25) is 0 Å². The maximum atomic E-state index is 10.2. The van der Waals surface area contributed by atoms with Crippen LogP contribution in [0.15, 0.2) is 24.3 Å². The van der Waals surface area contributed by atoms with Crippen LogP contribution < -0.4 is 10.1 Å². The molecule has 120 valence electrons. The monoisotopic (exact) mass is 293 g/mol. The Labute approximate surface area is 129 Å². The minimum atomic E-state index is -0.269. The second-order valence-corrected chi connectivity index (χ2v) is 5.69. The molecule has 0 amide bonds. The third-order valence-corrected chi connectivity index (χ3v) is 4.08. The van der Waals surface area contributed by atoms with Crippen molar-refractivity contribution in [3.05, 3.63) is 29.8 Å². The van der Waals surface area contributed by atoms with E-state index in [1.54, 1.807) is 0 Å². The van der Waals surface area contributed by atoms with E-state index in [1.165, 1.54) is 5.56 Å². The Balaban J connectivity index is 2.46. The molecule has 0 bridgehead atoms. The number of ether oxygens (including phenoxy) is 1. The van der Waals surface area contributed by atoms with E-state index in [0.29, 0.717) is 12.5 Å². The molecule has 1 rings (SSSR count). The molecule has 0 aromatic heterocycles. The van der Waals surface area contributed by atoms with Crippen LogP contribution >= 0.6 is 0 Å². The maximum Gasteiger partial charge on any atom is 0.119 e. The largest absolute Gasteiger partial charge is 0.494 e. The second kappa shape index (κ2) is 9.80. The van der Waals surface area contributed by atoms with Gasteiger partial charge in [0, 0.05) is 12.6 Å². The summed E-state index contributed by atoms with van der Waals surface area (Å²) in [5.41, 5.74) is 1.22. The number of rotatable bonds is 10. The smallest absolute Gasteiger partial charge is 0.119 e. The lowest BCUT2D eigenvalue weighted by molar-refractivity contribution is 0.0989. The van der Waals surface area contributed by atoms with Gasteiger partial charge in [0.25, 0.3) is 0 Å². The van der Waals surface area contributed by atoms with Crippen LogP contribution in [0.5, 0.6) is 5.75 Å². The number of aliphatic hydroxyl groups is 1. The predicted molar refractivity (Wildman–Crippen MR) is 88.7 cm³/mol. The summed E-state index contributed by atoms with van der Waals surface area (Å²) in [6, 6.07) is 8.44. The van der Waals surface area contributed by atoms with E-state index in [4.69, 9.17) is 4.74 Å². The van der Waals surface area contributed by atoms with Gasteiger partial charge in [-0.1, -0.05) is 45.7 Å². The molecule has 0 saturated carbocycles. The average molecular weight is 293 g/mol. The highest BCUT2D eigenvalue weighted by molar-refractivity contribution is 5.28. The Morgan fingerprint density at radius 3 is 2.24 bits per heavy atom. The van der Waals surface area contributed by atoms with Gasteiger partial charge in [0.15, 0.2) is 0 Å². The first-order chi connectivity index (χ1) is 10.1. The summed E-state index contributed by atoms with van der Waals surface area (Å²) in [6.07, 6.45) is 2.80. The van der Waals surface area contributed by atoms with Crippen LogP contribution in [0, 0.1) is 5.92 Å². The van der Waals surface area contributed by atoms with E-state index in [-0.39, 0.29) is 12.1 Å². The van der Waals surface area contributed by atoms with Crippen molar-refractivity contribution in [1.29, 1.82) is 0 Å². The lowest BCUT2D eigenvalue weighted by Crippen LogP contribution is -2.33. The van der Waals surface area contributed by atoms with Gasteiger partial charge < -0.3 is 15.2 Å². The minimum absolute atomic E-state index is 0.231. The van der Waals surface area contributed by atoms with Crippen molar-refractivity contribution in [2.45, 2.75) is 59.1 Å². The van der Waals surface area contributed by atoms with Gasteiger partial charge in [-0.15, -0.1) is 0 Å². The van der Waals surface area contributed by atoms with Crippen molar-refractivity contribution in [2.24, 2.45) is 5.92 Å². The summed E-state index contributed by atoms with van der Waals surface area (Å²) in [4.78, 5) is 0. The molecule has 1 aromatic rings. The molecular formula is C18H31NO2. The summed E-state index contributed by atoms with van der Waals surface area (Å²) in [6.45, 7) is 9.90. The van der Waals surface area contributed by atoms with Crippen molar-refractivity contribution in [2.75, 3.05) is 13.2 Å². The first kappa shape index (κ1) is 18.0. The molecule has 0 aliphatic carbocycles.